The molecule has 0 fully saturated rings. The third-order valence-electron chi connectivity index (χ3n) is 2.67. The summed E-state index contributed by atoms with van der Waals surface area (Å²) in [5.41, 5.74) is 2.09. The van der Waals surface area contributed by atoms with Crippen LogP contribution in [0.5, 0.6) is 5.75 Å². The fraction of sp³-hybridized carbons (Fsp3) is 0.308. The highest BCUT2D eigenvalue weighted by atomic mass is 16.5. The minimum absolute atomic E-state index is 0.238. The van der Waals surface area contributed by atoms with Crippen molar-refractivity contribution in [3.63, 3.8) is 0 Å². The molecule has 1 heterocycles. The second kappa shape index (κ2) is 5.50. The summed E-state index contributed by atoms with van der Waals surface area (Å²) in [5.74, 6) is 0.873. The first-order valence-electron chi connectivity index (χ1n) is 5.56. The molecule has 2 rings (SSSR count). The highest BCUT2D eigenvalue weighted by molar-refractivity contribution is 5.30. The summed E-state index contributed by atoms with van der Waals surface area (Å²) >= 11 is 0. The van der Waals surface area contributed by atoms with Gasteiger partial charge in [-0.2, -0.15) is 0 Å². The van der Waals surface area contributed by atoms with E-state index in [1.165, 1.54) is 5.56 Å². The molecule has 1 unspecified atom stereocenters. The van der Waals surface area contributed by atoms with Gasteiger partial charge in [0.15, 0.2) is 0 Å². The first-order chi connectivity index (χ1) is 8.29. The third kappa shape index (κ3) is 3.07. The maximum absolute atomic E-state index is 5.20. The summed E-state index contributed by atoms with van der Waals surface area (Å²) in [6, 6.07) is 10.1. The molecular weight excluding hydrogens is 216 g/mol. The predicted molar refractivity (Wildman–Crippen MR) is 64.8 cm³/mol. The van der Waals surface area contributed by atoms with Crippen LogP contribution >= 0.6 is 0 Å². The standard InChI is InChI=1S/C13H16N2O2/c1-10(14-9-12-6-7-17-15-12)11-4-3-5-13(8-11)16-2/h3-8,10,14H,9H2,1-2H3. The molecule has 4 nitrogen and oxygen atoms in total. The number of benzene rings is 1. The van der Waals surface area contributed by atoms with Crippen molar-refractivity contribution < 1.29 is 9.26 Å². The van der Waals surface area contributed by atoms with Gasteiger partial charge in [-0.05, 0) is 24.6 Å². The van der Waals surface area contributed by atoms with Crippen molar-refractivity contribution in [1.29, 1.82) is 0 Å². The van der Waals surface area contributed by atoms with Gasteiger partial charge in [0.05, 0.1) is 12.8 Å². The average Bonchev–Trinajstić information content (AvgIpc) is 2.89. The second-order valence-corrected chi connectivity index (χ2v) is 3.87. The average molecular weight is 232 g/mol. The van der Waals surface area contributed by atoms with E-state index in [9.17, 15) is 0 Å². The minimum atomic E-state index is 0.238. The number of aromatic nitrogens is 1. The highest BCUT2D eigenvalue weighted by Crippen LogP contribution is 2.18. The van der Waals surface area contributed by atoms with Crippen LogP contribution in [0.3, 0.4) is 0 Å². The van der Waals surface area contributed by atoms with Crippen LogP contribution in [0.15, 0.2) is 41.1 Å². The second-order valence-electron chi connectivity index (χ2n) is 3.87. The van der Waals surface area contributed by atoms with E-state index in [0.717, 1.165) is 11.4 Å². The Morgan fingerprint density at radius 2 is 2.29 bits per heavy atom. The number of nitrogens with zero attached hydrogens (tertiary/aromatic N) is 1. The van der Waals surface area contributed by atoms with Gasteiger partial charge in [0.2, 0.25) is 0 Å². The largest absolute Gasteiger partial charge is 0.497 e. The van der Waals surface area contributed by atoms with E-state index in [1.807, 2.05) is 24.3 Å². The van der Waals surface area contributed by atoms with Crippen LogP contribution in [-0.4, -0.2) is 12.3 Å². The van der Waals surface area contributed by atoms with Crippen molar-refractivity contribution >= 4 is 0 Å². The van der Waals surface area contributed by atoms with Crippen molar-refractivity contribution in [1.82, 2.24) is 10.5 Å². The van der Waals surface area contributed by atoms with Crippen LogP contribution < -0.4 is 10.1 Å². The molecule has 1 aromatic carbocycles. The van der Waals surface area contributed by atoms with Gasteiger partial charge in [0.25, 0.3) is 0 Å². The van der Waals surface area contributed by atoms with E-state index >= 15 is 0 Å². The molecule has 0 saturated heterocycles. The molecule has 1 atom stereocenters. The summed E-state index contributed by atoms with van der Waals surface area (Å²) in [4.78, 5) is 0. The van der Waals surface area contributed by atoms with Crippen LogP contribution in [0.2, 0.25) is 0 Å². The molecule has 0 amide bonds. The first kappa shape index (κ1) is 11.7. The zero-order valence-corrected chi connectivity index (χ0v) is 10.0. The van der Waals surface area contributed by atoms with Gasteiger partial charge in [-0.3, -0.25) is 0 Å². The number of rotatable bonds is 5. The molecule has 0 bridgehead atoms. The number of hydrogen-bond acceptors (Lipinski definition) is 4. The van der Waals surface area contributed by atoms with E-state index in [4.69, 9.17) is 9.26 Å². The summed E-state index contributed by atoms with van der Waals surface area (Å²) < 4.78 is 9.98. The van der Waals surface area contributed by atoms with E-state index in [2.05, 4.69) is 23.5 Å². The number of hydrogen-bond donors (Lipinski definition) is 1. The normalized spacial score (nSPS) is 12.4. The Kier molecular flexibility index (Phi) is 3.77. The Balaban J connectivity index is 1.96. The number of nitrogens with one attached hydrogen (secondary N) is 1. The molecule has 1 N–H and O–H groups in total. The van der Waals surface area contributed by atoms with E-state index in [-0.39, 0.29) is 6.04 Å². The molecule has 2 aromatic rings. The lowest BCUT2D eigenvalue weighted by atomic mass is 10.1. The predicted octanol–water partition coefficient (Wildman–Crippen LogP) is 2.53. The van der Waals surface area contributed by atoms with Crippen molar-refractivity contribution in [2.45, 2.75) is 19.5 Å². The van der Waals surface area contributed by atoms with Crippen molar-refractivity contribution in [2.24, 2.45) is 0 Å². The van der Waals surface area contributed by atoms with Crippen molar-refractivity contribution in [3.8, 4) is 5.75 Å². The van der Waals surface area contributed by atoms with Crippen LogP contribution in [0.25, 0.3) is 0 Å². The van der Waals surface area contributed by atoms with Crippen LogP contribution in [0, 0.1) is 0 Å². The van der Waals surface area contributed by atoms with Crippen molar-refractivity contribution in [3.05, 3.63) is 47.9 Å². The number of methoxy groups -OCH3 is 1. The zero-order chi connectivity index (χ0) is 12.1. The lowest BCUT2D eigenvalue weighted by Gasteiger charge is -2.14. The topological polar surface area (TPSA) is 47.3 Å². The maximum Gasteiger partial charge on any atom is 0.124 e. The van der Waals surface area contributed by atoms with E-state index < -0.39 is 0 Å². The fourth-order valence-electron chi connectivity index (χ4n) is 1.62. The highest BCUT2D eigenvalue weighted by Gasteiger charge is 2.06. The summed E-state index contributed by atoms with van der Waals surface area (Å²) in [6.45, 7) is 2.80. The van der Waals surface area contributed by atoms with Gasteiger partial charge in [0.1, 0.15) is 12.0 Å². The lowest BCUT2D eigenvalue weighted by molar-refractivity contribution is 0.405. The number of ether oxygens (including phenoxy) is 1. The van der Waals surface area contributed by atoms with Gasteiger partial charge in [-0.1, -0.05) is 17.3 Å². The van der Waals surface area contributed by atoms with Gasteiger partial charge in [-0.25, -0.2) is 0 Å². The monoisotopic (exact) mass is 232 g/mol. The van der Waals surface area contributed by atoms with Crippen LogP contribution in [0.4, 0.5) is 0 Å². The molecule has 0 saturated carbocycles. The van der Waals surface area contributed by atoms with E-state index in [0.29, 0.717) is 6.54 Å². The molecule has 0 radical (unpaired) electrons. The first-order valence-corrected chi connectivity index (χ1v) is 5.56. The molecule has 0 aliphatic rings. The van der Waals surface area contributed by atoms with Gasteiger partial charge >= 0.3 is 0 Å². The molecule has 4 heteroatoms. The van der Waals surface area contributed by atoms with Gasteiger partial charge in [-0.15, -0.1) is 0 Å². The van der Waals surface area contributed by atoms with Crippen LogP contribution in [-0.2, 0) is 6.54 Å². The quantitative estimate of drug-likeness (QED) is 0.860. The fourth-order valence-corrected chi connectivity index (χ4v) is 1.62. The molecule has 90 valence electrons. The SMILES string of the molecule is COc1cccc(C(C)NCc2ccon2)c1. The van der Waals surface area contributed by atoms with Crippen LogP contribution in [0.1, 0.15) is 24.2 Å². The lowest BCUT2D eigenvalue weighted by Crippen LogP contribution is -2.18. The molecule has 17 heavy (non-hydrogen) atoms. The molecule has 1 aromatic heterocycles. The molecule has 0 aliphatic heterocycles. The van der Waals surface area contributed by atoms with Gasteiger partial charge < -0.3 is 14.6 Å². The van der Waals surface area contributed by atoms with Crippen molar-refractivity contribution in [2.75, 3.05) is 7.11 Å². The Morgan fingerprint density at radius 1 is 1.41 bits per heavy atom. The Hall–Kier alpha value is -1.81. The Labute approximate surface area is 101 Å². The summed E-state index contributed by atoms with van der Waals surface area (Å²) in [6.07, 6.45) is 1.58. The minimum Gasteiger partial charge on any atom is -0.497 e. The smallest absolute Gasteiger partial charge is 0.124 e. The maximum atomic E-state index is 5.20. The third-order valence-corrected chi connectivity index (χ3v) is 2.67. The Morgan fingerprint density at radius 3 is 3.00 bits per heavy atom. The zero-order valence-electron chi connectivity index (χ0n) is 10.0. The summed E-state index contributed by atoms with van der Waals surface area (Å²) in [7, 11) is 1.67. The Bertz CT molecular complexity index is 454. The van der Waals surface area contributed by atoms with Gasteiger partial charge in [0, 0.05) is 18.7 Å². The summed E-state index contributed by atoms with van der Waals surface area (Å²) in [5, 5.41) is 7.23. The molecule has 0 aliphatic carbocycles. The van der Waals surface area contributed by atoms with E-state index in [1.54, 1.807) is 13.4 Å². The molecule has 0 spiro atoms. The molecular formula is C13H16N2O2.